The molecule has 1 nitrogen and oxygen atoms in total. The fourth-order valence-corrected chi connectivity index (χ4v) is 3.98. The Kier molecular flexibility index (Phi) is 17.0. The maximum absolute atomic E-state index is 5.32. The zero-order valence-corrected chi connectivity index (χ0v) is 28.1. The molecule has 0 bridgehead atoms. The van der Waals surface area contributed by atoms with Gasteiger partial charge in [-0.05, 0) is 96.9 Å². The number of hydrogen-bond donors (Lipinski definition) is 0. The molecular weight excluding hydrogens is 496 g/mol. The lowest BCUT2D eigenvalue weighted by Crippen LogP contribution is -2.06. The summed E-state index contributed by atoms with van der Waals surface area (Å²) in [5.74, 6) is 1.00. The Morgan fingerprint density at radius 2 is 0.902 bits per heavy atom. The summed E-state index contributed by atoms with van der Waals surface area (Å²) in [6.45, 7) is 24.8. The summed E-state index contributed by atoms with van der Waals surface area (Å²) in [6.07, 6.45) is 7.25. The fraction of sp³-hybridized carbons (Fsp3) is 0.550. The number of aryl methyl sites for hydroxylation is 5. The van der Waals surface area contributed by atoms with E-state index < -0.39 is 0 Å². The molecule has 0 aliphatic carbocycles. The first-order chi connectivity index (χ1) is 18.5. The molecule has 0 saturated carbocycles. The highest BCUT2D eigenvalue weighted by Crippen LogP contribution is 2.25. The van der Waals surface area contributed by atoms with Gasteiger partial charge in [-0.15, -0.1) is 0 Å². The normalized spacial score (nSPS) is 11.3. The van der Waals surface area contributed by atoms with E-state index >= 15 is 0 Å². The summed E-state index contributed by atoms with van der Waals surface area (Å²) < 4.78 is 5.32. The van der Waals surface area contributed by atoms with Crippen molar-refractivity contribution in [3.8, 4) is 5.75 Å². The van der Waals surface area contributed by atoms with Crippen LogP contribution in [0.15, 0.2) is 72.8 Å². The lowest BCUT2D eigenvalue weighted by atomic mass is 9.88. The Morgan fingerprint density at radius 3 is 1.32 bits per heavy atom. The van der Waals surface area contributed by atoms with Crippen LogP contribution in [0.5, 0.6) is 5.75 Å². The van der Waals surface area contributed by atoms with Crippen LogP contribution in [0.4, 0.5) is 0 Å². The Bertz CT molecular complexity index is 1070. The molecule has 1 heteroatoms. The fourth-order valence-electron chi connectivity index (χ4n) is 3.98. The first kappa shape index (κ1) is 38.5. The van der Waals surface area contributed by atoms with Crippen LogP contribution in [0.1, 0.15) is 117 Å². The minimum Gasteiger partial charge on any atom is -0.496 e. The number of ether oxygens (including phenoxy) is 1. The molecule has 0 aliphatic rings. The molecule has 3 aromatic rings. The number of hydrogen-bond acceptors (Lipinski definition) is 1. The van der Waals surface area contributed by atoms with E-state index in [4.69, 9.17) is 4.74 Å². The van der Waals surface area contributed by atoms with Crippen LogP contribution >= 0.6 is 0 Å². The standard InChI is InChI=1S/C14H22O.C13H20.C12H18.CH4/c1-11-6-7-12(10-13(11)15-5)8-9-14(2,3)4;1-11-5-7-12(8-6-11)9-10-13(2,3)4;1-12(2,3)10-9-11-7-5-4-6-8-11;/h6-7,10H,8-9H2,1-5H3;5-8H,9-10H2,1-4H3;4-8H,9-10H2,1-3H3;1H4. The maximum Gasteiger partial charge on any atom is 0.122 e. The van der Waals surface area contributed by atoms with E-state index in [1.807, 2.05) is 0 Å². The third-order valence-electron chi connectivity index (χ3n) is 6.93. The van der Waals surface area contributed by atoms with Crippen LogP contribution < -0.4 is 4.74 Å². The van der Waals surface area contributed by atoms with Gasteiger partial charge in [-0.1, -0.05) is 142 Å². The number of methoxy groups -OCH3 is 1. The molecular formula is C40H64O. The Labute approximate surface area is 256 Å². The second-order valence-corrected chi connectivity index (χ2v) is 15.0. The van der Waals surface area contributed by atoms with E-state index in [1.54, 1.807) is 7.11 Å². The van der Waals surface area contributed by atoms with Crippen LogP contribution in [0, 0.1) is 30.1 Å². The molecule has 0 atom stereocenters. The molecule has 41 heavy (non-hydrogen) atoms. The molecule has 230 valence electrons. The molecule has 0 spiro atoms. The number of benzene rings is 3. The van der Waals surface area contributed by atoms with E-state index in [0.29, 0.717) is 16.2 Å². The summed E-state index contributed by atoms with van der Waals surface area (Å²) in [5.41, 5.74) is 8.13. The van der Waals surface area contributed by atoms with Gasteiger partial charge in [0.05, 0.1) is 7.11 Å². The van der Waals surface area contributed by atoms with Crippen molar-refractivity contribution in [2.45, 2.75) is 122 Å². The zero-order chi connectivity index (χ0) is 30.4. The summed E-state index contributed by atoms with van der Waals surface area (Å²) in [6, 6.07) is 26.0. The van der Waals surface area contributed by atoms with Crippen LogP contribution in [0.2, 0.25) is 0 Å². The minimum absolute atomic E-state index is 0. The van der Waals surface area contributed by atoms with Gasteiger partial charge in [0.1, 0.15) is 5.75 Å². The average Bonchev–Trinajstić information content (AvgIpc) is 2.87. The van der Waals surface area contributed by atoms with Crippen LogP contribution in [-0.4, -0.2) is 7.11 Å². The molecule has 0 fully saturated rings. The lowest BCUT2D eigenvalue weighted by molar-refractivity contribution is 0.377. The molecule has 0 amide bonds. The van der Waals surface area contributed by atoms with Gasteiger partial charge < -0.3 is 4.74 Å². The maximum atomic E-state index is 5.32. The summed E-state index contributed by atoms with van der Waals surface area (Å²) in [7, 11) is 1.73. The minimum atomic E-state index is 0. The van der Waals surface area contributed by atoms with Crippen molar-refractivity contribution >= 4 is 0 Å². The van der Waals surface area contributed by atoms with Crippen molar-refractivity contribution in [2.24, 2.45) is 16.2 Å². The van der Waals surface area contributed by atoms with Crippen molar-refractivity contribution in [3.63, 3.8) is 0 Å². The summed E-state index contributed by atoms with van der Waals surface area (Å²) in [4.78, 5) is 0. The number of rotatable bonds is 7. The largest absolute Gasteiger partial charge is 0.496 e. The van der Waals surface area contributed by atoms with Crippen LogP contribution in [0.25, 0.3) is 0 Å². The van der Waals surface area contributed by atoms with E-state index in [0.717, 1.165) is 12.2 Å². The predicted octanol–water partition coefficient (Wildman–Crippen LogP) is 12.3. The molecule has 3 rings (SSSR count). The average molecular weight is 561 g/mol. The van der Waals surface area contributed by atoms with Crippen molar-refractivity contribution in [3.05, 3.63) is 101 Å². The van der Waals surface area contributed by atoms with Gasteiger partial charge >= 0.3 is 0 Å². The Hall–Kier alpha value is -2.54. The predicted molar refractivity (Wildman–Crippen MR) is 185 cm³/mol. The molecule has 0 aliphatic heterocycles. The first-order valence-electron chi connectivity index (χ1n) is 15.2. The SMILES string of the molecule is C.CC(C)(C)CCc1ccccc1.COc1cc(CCC(C)(C)C)ccc1C.Cc1ccc(CCC(C)(C)C)cc1. The van der Waals surface area contributed by atoms with E-state index in [-0.39, 0.29) is 7.43 Å². The van der Waals surface area contributed by atoms with E-state index in [1.165, 1.54) is 59.9 Å². The molecule has 3 aromatic carbocycles. The topological polar surface area (TPSA) is 9.23 Å². The van der Waals surface area contributed by atoms with Gasteiger partial charge in [0.2, 0.25) is 0 Å². The Balaban J connectivity index is 0.000000582. The van der Waals surface area contributed by atoms with Crippen molar-refractivity contribution in [2.75, 3.05) is 7.11 Å². The third kappa shape index (κ3) is 20.1. The third-order valence-corrected chi connectivity index (χ3v) is 6.93. The van der Waals surface area contributed by atoms with E-state index in [9.17, 15) is 0 Å². The second kappa shape index (κ2) is 18.1. The molecule has 0 saturated heterocycles. The van der Waals surface area contributed by atoms with Gasteiger partial charge in [0.15, 0.2) is 0 Å². The van der Waals surface area contributed by atoms with Gasteiger partial charge in [-0.2, -0.15) is 0 Å². The van der Waals surface area contributed by atoms with Crippen molar-refractivity contribution < 1.29 is 4.74 Å². The van der Waals surface area contributed by atoms with E-state index in [2.05, 4.69) is 149 Å². The highest BCUT2D eigenvalue weighted by atomic mass is 16.5. The van der Waals surface area contributed by atoms with Gasteiger partial charge in [-0.3, -0.25) is 0 Å². The van der Waals surface area contributed by atoms with Crippen molar-refractivity contribution in [1.82, 2.24) is 0 Å². The lowest BCUT2D eigenvalue weighted by Gasteiger charge is -2.18. The zero-order valence-electron chi connectivity index (χ0n) is 28.1. The van der Waals surface area contributed by atoms with Crippen molar-refractivity contribution in [1.29, 1.82) is 0 Å². The van der Waals surface area contributed by atoms with Crippen LogP contribution in [-0.2, 0) is 19.3 Å². The Morgan fingerprint density at radius 1 is 0.512 bits per heavy atom. The van der Waals surface area contributed by atoms with Gasteiger partial charge in [0, 0.05) is 0 Å². The monoisotopic (exact) mass is 560 g/mol. The first-order valence-corrected chi connectivity index (χ1v) is 15.2. The quantitative estimate of drug-likeness (QED) is 0.279. The smallest absolute Gasteiger partial charge is 0.122 e. The molecule has 0 N–H and O–H groups in total. The highest BCUT2D eigenvalue weighted by Gasteiger charge is 2.11. The summed E-state index contributed by atoms with van der Waals surface area (Å²) >= 11 is 0. The van der Waals surface area contributed by atoms with Gasteiger partial charge in [-0.25, -0.2) is 0 Å². The second-order valence-electron chi connectivity index (χ2n) is 15.0. The molecule has 0 heterocycles. The molecule has 0 aromatic heterocycles. The van der Waals surface area contributed by atoms with Crippen LogP contribution in [0.3, 0.4) is 0 Å². The summed E-state index contributed by atoms with van der Waals surface area (Å²) in [5, 5.41) is 0. The van der Waals surface area contributed by atoms with Gasteiger partial charge in [0.25, 0.3) is 0 Å². The molecule has 0 radical (unpaired) electrons. The highest BCUT2D eigenvalue weighted by molar-refractivity contribution is 5.36. The molecule has 0 unspecified atom stereocenters.